The molecule has 30 heavy (non-hydrogen) atoms. The van der Waals surface area contributed by atoms with E-state index in [2.05, 4.69) is 5.32 Å². The molecule has 7 nitrogen and oxygen atoms in total. The van der Waals surface area contributed by atoms with E-state index in [0.29, 0.717) is 16.0 Å². The molecule has 3 rings (SSSR count). The maximum Gasteiger partial charge on any atom is 0.341 e. The van der Waals surface area contributed by atoms with Crippen molar-refractivity contribution in [3.8, 4) is 0 Å². The maximum atomic E-state index is 12.7. The molecule has 0 atom stereocenters. The lowest BCUT2D eigenvalue weighted by molar-refractivity contribution is 0.0604. The molecule has 0 bridgehead atoms. The number of anilines is 1. The number of fused-ring (bicyclic) bond motifs is 1. The Morgan fingerprint density at radius 3 is 2.30 bits per heavy atom. The van der Waals surface area contributed by atoms with Crippen molar-refractivity contribution in [3.63, 3.8) is 0 Å². The van der Waals surface area contributed by atoms with E-state index in [1.54, 1.807) is 26.0 Å². The minimum Gasteiger partial charge on any atom is -0.465 e. The Labute approximate surface area is 179 Å². The predicted molar refractivity (Wildman–Crippen MR) is 118 cm³/mol. The molecule has 1 heterocycles. The summed E-state index contributed by atoms with van der Waals surface area (Å²) >= 11 is 1.27. The summed E-state index contributed by atoms with van der Waals surface area (Å²) in [5.41, 5.74) is 0.568. The van der Waals surface area contributed by atoms with Crippen molar-refractivity contribution in [2.24, 2.45) is 0 Å². The van der Waals surface area contributed by atoms with Gasteiger partial charge in [-0.2, -0.15) is 4.31 Å². The van der Waals surface area contributed by atoms with Gasteiger partial charge in [0.15, 0.2) is 0 Å². The Balaban J connectivity index is 1.90. The van der Waals surface area contributed by atoms with Crippen LogP contribution in [0.15, 0.2) is 53.4 Å². The van der Waals surface area contributed by atoms with E-state index in [9.17, 15) is 18.0 Å². The largest absolute Gasteiger partial charge is 0.465 e. The van der Waals surface area contributed by atoms with Crippen LogP contribution in [0.1, 0.15) is 34.6 Å². The number of sulfonamides is 1. The Morgan fingerprint density at radius 1 is 1.07 bits per heavy atom. The number of methoxy groups -OCH3 is 1. The fourth-order valence-electron chi connectivity index (χ4n) is 2.84. The second-order valence-corrected chi connectivity index (χ2v) is 9.94. The van der Waals surface area contributed by atoms with E-state index in [1.165, 1.54) is 54.1 Å². The number of nitrogens with zero attached hydrogens (tertiary/aromatic N) is 1. The SMILES string of the molecule is COC(=O)c1c(NC(=O)c2ccc(S(=O)(=O)N(C)C(C)C)cc2)sc2ccccc12. The normalized spacial score (nSPS) is 11.8. The molecule has 0 aliphatic rings. The lowest BCUT2D eigenvalue weighted by atomic mass is 10.1. The van der Waals surface area contributed by atoms with Gasteiger partial charge < -0.3 is 10.1 Å². The van der Waals surface area contributed by atoms with Crippen LogP contribution in [0.4, 0.5) is 5.00 Å². The summed E-state index contributed by atoms with van der Waals surface area (Å²) < 4.78 is 32.1. The van der Waals surface area contributed by atoms with E-state index in [0.717, 1.165) is 4.70 Å². The van der Waals surface area contributed by atoms with Crippen LogP contribution in [-0.4, -0.2) is 44.8 Å². The predicted octanol–water partition coefficient (Wildman–Crippen LogP) is 3.97. The number of ether oxygens (including phenoxy) is 1. The summed E-state index contributed by atoms with van der Waals surface area (Å²) in [5, 5.41) is 3.83. The molecular weight excluding hydrogens is 424 g/mol. The van der Waals surface area contributed by atoms with Crippen molar-refractivity contribution >= 4 is 48.3 Å². The molecule has 1 N–H and O–H groups in total. The van der Waals surface area contributed by atoms with Crippen molar-refractivity contribution in [1.29, 1.82) is 0 Å². The first-order chi connectivity index (χ1) is 14.2. The van der Waals surface area contributed by atoms with Crippen LogP contribution in [0.5, 0.6) is 0 Å². The summed E-state index contributed by atoms with van der Waals surface area (Å²) in [7, 11) is -0.840. The third-order valence-electron chi connectivity index (χ3n) is 4.73. The highest BCUT2D eigenvalue weighted by Gasteiger charge is 2.24. The highest BCUT2D eigenvalue weighted by molar-refractivity contribution is 7.89. The second kappa shape index (κ2) is 8.55. The molecular formula is C21H22N2O5S2. The molecule has 0 saturated carbocycles. The number of nitrogens with one attached hydrogen (secondary N) is 1. The second-order valence-electron chi connectivity index (χ2n) is 6.89. The number of benzene rings is 2. The van der Waals surface area contributed by atoms with Crippen molar-refractivity contribution in [2.45, 2.75) is 24.8 Å². The van der Waals surface area contributed by atoms with Gasteiger partial charge in [-0.15, -0.1) is 11.3 Å². The van der Waals surface area contributed by atoms with Gasteiger partial charge in [0.05, 0.1) is 12.0 Å². The number of esters is 1. The van der Waals surface area contributed by atoms with Crippen molar-refractivity contribution in [2.75, 3.05) is 19.5 Å². The van der Waals surface area contributed by atoms with Crippen LogP contribution < -0.4 is 5.32 Å². The smallest absolute Gasteiger partial charge is 0.341 e. The average Bonchev–Trinajstić information content (AvgIpc) is 3.10. The quantitative estimate of drug-likeness (QED) is 0.579. The van der Waals surface area contributed by atoms with Crippen LogP contribution in [0.2, 0.25) is 0 Å². The standard InChI is InChI=1S/C21H22N2O5S2/c1-13(2)23(3)30(26,27)15-11-9-14(10-12-15)19(24)22-20-18(21(25)28-4)16-7-5-6-8-17(16)29-20/h5-13H,1-4H3,(H,22,24). The number of carbonyl (C=O) groups excluding carboxylic acids is 2. The molecule has 0 aliphatic carbocycles. The molecule has 0 radical (unpaired) electrons. The zero-order valence-electron chi connectivity index (χ0n) is 17.0. The Hall–Kier alpha value is -2.75. The Bertz CT molecular complexity index is 1200. The highest BCUT2D eigenvalue weighted by atomic mass is 32.2. The zero-order valence-corrected chi connectivity index (χ0v) is 18.6. The van der Waals surface area contributed by atoms with E-state index < -0.39 is 21.9 Å². The molecule has 0 fully saturated rings. The summed E-state index contributed by atoms with van der Waals surface area (Å²) in [6.07, 6.45) is 0. The summed E-state index contributed by atoms with van der Waals surface area (Å²) in [4.78, 5) is 25.1. The molecule has 0 unspecified atom stereocenters. The van der Waals surface area contributed by atoms with Gasteiger partial charge in [0.25, 0.3) is 5.91 Å². The molecule has 3 aromatic rings. The fraction of sp³-hybridized carbons (Fsp3) is 0.238. The van der Waals surface area contributed by atoms with E-state index >= 15 is 0 Å². The third-order valence-corrected chi connectivity index (χ3v) is 7.87. The lowest BCUT2D eigenvalue weighted by Gasteiger charge is -2.21. The maximum absolute atomic E-state index is 12.7. The molecule has 158 valence electrons. The van der Waals surface area contributed by atoms with Gasteiger partial charge in [-0.3, -0.25) is 4.79 Å². The number of carbonyl (C=O) groups is 2. The fourth-order valence-corrected chi connectivity index (χ4v) is 5.29. The number of rotatable bonds is 6. The van der Waals surface area contributed by atoms with E-state index in [-0.39, 0.29) is 16.5 Å². The first-order valence-corrected chi connectivity index (χ1v) is 11.4. The van der Waals surface area contributed by atoms with Crippen molar-refractivity contribution < 1.29 is 22.7 Å². The summed E-state index contributed by atoms with van der Waals surface area (Å²) in [6.45, 7) is 3.56. The molecule has 9 heteroatoms. The van der Waals surface area contributed by atoms with Gasteiger partial charge in [-0.05, 0) is 44.2 Å². The van der Waals surface area contributed by atoms with Crippen molar-refractivity contribution in [3.05, 3.63) is 59.7 Å². The van der Waals surface area contributed by atoms with Gasteiger partial charge in [-0.25, -0.2) is 13.2 Å². The average molecular weight is 447 g/mol. The topological polar surface area (TPSA) is 92.8 Å². The number of amides is 1. The summed E-state index contributed by atoms with van der Waals surface area (Å²) in [5.74, 6) is -0.992. The first-order valence-electron chi connectivity index (χ1n) is 9.16. The van der Waals surface area contributed by atoms with Gasteiger partial charge in [-0.1, -0.05) is 18.2 Å². The Morgan fingerprint density at radius 2 is 1.70 bits per heavy atom. The van der Waals surface area contributed by atoms with Crippen LogP contribution in [-0.2, 0) is 14.8 Å². The minimum absolute atomic E-state index is 0.104. The number of thiophene rings is 1. The summed E-state index contributed by atoms with van der Waals surface area (Å²) in [6, 6.07) is 12.8. The van der Waals surface area contributed by atoms with Gasteiger partial charge in [0.2, 0.25) is 10.0 Å². The van der Waals surface area contributed by atoms with Gasteiger partial charge >= 0.3 is 5.97 Å². The number of hydrogen-bond acceptors (Lipinski definition) is 6. The monoisotopic (exact) mass is 446 g/mol. The molecule has 0 spiro atoms. The Kier molecular flexibility index (Phi) is 6.25. The third kappa shape index (κ3) is 4.09. The molecule has 0 aliphatic heterocycles. The first kappa shape index (κ1) is 21.9. The van der Waals surface area contributed by atoms with Crippen LogP contribution in [0, 0.1) is 0 Å². The van der Waals surface area contributed by atoms with Crippen LogP contribution >= 0.6 is 11.3 Å². The molecule has 1 aromatic heterocycles. The van der Waals surface area contributed by atoms with Crippen LogP contribution in [0.3, 0.4) is 0 Å². The van der Waals surface area contributed by atoms with E-state index in [1.807, 2.05) is 12.1 Å². The molecule has 0 saturated heterocycles. The molecule has 2 aromatic carbocycles. The van der Waals surface area contributed by atoms with Gasteiger partial charge in [0.1, 0.15) is 10.6 Å². The lowest BCUT2D eigenvalue weighted by Crippen LogP contribution is -2.33. The van der Waals surface area contributed by atoms with Crippen LogP contribution in [0.25, 0.3) is 10.1 Å². The van der Waals surface area contributed by atoms with Gasteiger partial charge in [0, 0.05) is 28.7 Å². The molecule has 1 amide bonds. The zero-order chi connectivity index (χ0) is 22.1. The van der Waals surface area contributed by atoms with E-state index in [4.69, 9.17) is 4.74 Å². The highest BCUT2D eigenvalue weighted by Crippen LogP contribution is 2.36. The minimum atomic E-state index is -3.64. The number of hydrogen-bond donors (Lipinski definition) is 1. The van der Waals surface area contributed by atoms with Crippen molar-refractivity contribution in [1.82, 2.24) is 4.31 Å².